The predicted molar refractivity (Wildman–Crippen MR) is 108 cm³/mol. The molecular formula is C20H26ClN3O3. The van der Waals surface area contributed by atoms with Crippen LogP contribution in [0.4, 0.5) is 10.6 Å². The molecule has 2 aromatic rings. The zero-order chi connectivity index (χ0) is 19.6. The van der Waals surface area contributed by atoms with Gasteiger partial charge < -0.3 is 19.7 Å². The van der Waals surface area contributed by atoms with Crippen LogP contribution in [0.2, 0.25) is 5.02 Å². The van der Waals surface area contributed by atoms with Gasteiger partial charge in [-0.3, -0.25) is 0 Å². The number of halogens is 1. The van der Waals surface area contributed by atoms with Gasteiger partial charge >= 0.3 is 6.09 Å². The van der Waals surface area contributed by atoms with Crippen LogP contribution in [0.15, 0.2) is 24.3 Å². The second kappa shape index (κ2) is 7.90. The van der Waals surface area contributed by atoms with Crippen molar-refractivity contribution in [1.29, 1.82) is 0 Å². The lowest BCUT2D eigenvalue weighted by atomic mass is 10.1. The zero-order valence-corrected chi connectivity index (χ0v) is 17.0. The fourth-order valence-electron chi connectivity index (χ4n) is 3.08. The SMILES string of the molecule is C[C@H](NC(=O)OC(C)(C)C)c1cc2cccc(Cl)c2nc1N1CCOCC1. The van der Waals surface area contributed by atoms with E-state index in [1.807, 2.05) is 52.0 Å². The minimum absolute atomic E-state index is 0.270. The standard InChI is InChI=1S/C20H26ClN3O3/c1-13(22-19(25)27-20(2,3)4)15-12-14-6-5-7-16(21)17(14)23-18(15)24-8-10-26-11-9-24/h5-7,12-13H,8-11H2,1-4H3,(H,22,25)/t13-/m0/s1. The fourth-order valence-corrected chi connectivity index (χ4v) is 3.30. The second-order valence-electron chi connectivity index (χ2n) is 7.68. The molecule has 27 heavy (non-hydrogen) atoms. The van der Waals surface area contributed by atoms with Crippen LogP contribution in [-0.2, 0) is 9.47 Å². The smallest absolute Gasteiger partial charge is 0.408 e. The van der Waals surface area contributed by atoms with Crippen molar-refractivity contribution in [2.45, 2.75) is 39.3 Å². The van der Waals surface area contributed by atoms with Gasteiger partial charge in [-0.25, -0.2) is 9.78 Å². The normalized spacial score (nSPS) is 16.3. The van der Waals surface area contributed by atoms with Gasteiger partial charge in [0.1, 0.15) is 11.4 Å². The summed E-state index contributed by atoms with van der Waals surface area (Å²) in [5, 5.41) is 4.47. The first-order valence-electron chi connectivity index (χ1n) is 9.16. The van der Waals surface area contributed by atoms with Gasteiger partial charge in [-0.05, 0) is 39.8 Å². The highest BCUT2D eigenvalue weighted by molar-refractivity contribution is 6.35. The Morgan fingerprint density at radius 1 is 1.33 bits per heavy atom. The molecule has 1 fully saturated rings. The quantitative estimate of drug-likeness (QED) is 0.844. The van der Waals surface area contributed by atoms with Crippen molar-refractivity contribution in [1.82, 2.24) is 10.3 Å². The summed E-state index contributed by atoms with van der Waals surface area (Å²) in [5.41, 5.74) is 1.14. The summed E-state index contributed by atoms with van der Waals surface area (Å²) in [6.45, 7) is 10.2. The van der Waals surface area contributed by atoms with Gasteiger partial charge in [-0.1, -0.05) is 23.7 Å². The van der Waals surface area contributed by atoms with Crippen molar-refractivity contribution in [2.75, 3.05) is 31.2 Å². The van der Waals surface area contributed by atoms with Gasteiger partial charge in [0.2, 0.25) is 0 Å². The first kappa shape index (κ1) is 19.7. The van der Waals surface area contributed by atoms with Crippen LogP contribution in [0.25, 0.3) is 10.9 Å². The molecule has 146 valence electrons. The maximum absolute atomic E-state index is 12.2. The molecular weight excluding hydrogens is 366 g/mol. The zero-order valence-electron chi connectivity index (χ0n) is 16.2. The number of morpholine rings is 1. The average Bonchev–Trinajstić information content (AvgIpc) is 2.60. The van der Waals surface area contributed by atoms with E-state index in [4.69, 9.17) is 26.1 Å². The Kier molecular flexibility index (Phi) is 5.77. The molecule has 0 radical (unpaired) electrons. The fraction of sp³-hybridized carbons (Fsp3) is 0.500. The van der Waals surface area contributed by atoms with Crippen LogP contribution in [0.3, 0.4) is 0 Å². The number of nitrogens with zero attached hydrogens (tertiary/aromatic N) is 2. The van der Waals surface area contributed by atoms with Gasteiger partial charge in [0.25, 0.3) is 0 Å². The highest BCUT2D eigenvalue weighted by Crippen LogP contribution is 2.32. The molecule has 3 rings (SSSR count). The predicted octanol–water partition coefficient (Wildman–Crippen LogP) is 4.31. The molecule has 0 bridgehead atoms. The monoisotopic (exact) mass is 391 g/mol. The van der Waals surface area contributed by atoms with E-state index in [0.29, 0.717) is 18.2 Å². The van der Waals surface area contributed by atoms with Gasteiger partial charge in [0.05, 0.1) is 29.8 Å². The van der Waals surface area contributed by atoms with Crippen LogP contribution in [0, 0.1) is 0 Å². The maximum atomic E-state index is 12.2. The third kappa shape index (κ3) is 4.82. The number of rotatable bonds is 3. The highest BCUT2D eigenvalue weighted by atomic mass is 35.5. The summed E-state index contributed by atoms with van der Waals surface area (Å²) < 4.78 is 10.9. The molecule has 6 nitrogen and oxygen atoms in total. The number of aromatic nitrogens is 1. The van der Waals surface area contributed by atoms with E-state index in [-0.39, 0.29) is 6.04 Å². The minimum Gasteiger partial charge on any atom is -0.444 e. The van der Waals surface area contributed by atoms with E-state index >= 15 is 0 Å². The van der Waals surface area contributed by atoms with E-state index in [0.717, 1.165) is 35.4 Å². The average molecular weight is 392 g/mol. The lowest BCUT2D eigenvalue weighted by Gasteiger charge is -2.31. The number of carbonyl (C=O) groups is 1. The molecule has 1 aliphatic heterocycles. The molecule has 2 heterocycles. The summed E-state index contributed by atoms with van der Waals surface area (Å²) in [6, 6.07) is 7.48. The van der Waals surface area contributed by atoms with E-state index in [9.17, 15) is 4.79 Å². The molecule has 1 N–H and O–H groups in total. The first-order valence-corrected chi connectivity index (χ1v) is 9.54. The van der Waals surface area contributed by atoms with Crippen molar-refractivity contribution in [3.05, 3.63) is 34.9 Å². The summed E-state index contributed by atoms with van der Waals surface area (Å²) in [5.74, 6) is 0.822. The first-order chi connectivity index (χ1) is 12.7. The topological polar surface area (TPSA) is 63.7 Å². The summed E-state index contributed by atoms with van der Waals surface area (Å²) in [7, 11) is 0. The van der Waals surface area contributed by atoms with Crippen molar-refractivity contribution in [3.63, 3.8) is 0 Å². The Morgan fingerprint density at radius 3 is 2.70 bits per heavy atom. The van der Waals surface area contributed by atoms with Crippen molar-refractivity contribution in [3.8, 4) is 0 Å². The Bertz CT molecular complexity index is 829. The van der Waals surface area contributed by atoms with Crippen LogP contribution >= 0.6 is 11.6 Å². The molecule has 1 atom stereocenters. The largest absolute Gasteiger partial charge is 0.444 e. The number of amides is 1. The van der Waals surface area contributed by atoms with Crippen LogP contribution in [0.5, 0.6) is 0 Å². The molecule has 0 aliphatic carbocycles. The molecule has 1 saturated heterocycles. The number of carbonyl (C=O) groups excluding carboxylic acids is 1. The number of pyridine rings is 1. The number of ether oxygens (including phenoxy) is 2. The second-order valence-corrected chi connectivity index (χ2v) is 8.09. The number of alkyl carbamates (subject to hydrolysis) is 1. The Morgan fingerprint density at radius 2 is 2.04 bits per heavy atom. The molecule has 1 aliphatic rings. The number of hydrogen-bond donors (Lipinski definition) is 1. The number of para-hydroxylation sites is 1. The molecule has 0 unspecified atom stereocenters. The highest BCUT2D eigenvalue weighted by Gasteiger charge is 2.24. The molecule has 0 spiro atoms. The van der Waals surface area contributed by atoms with Gasteiger partial charge in [0.15, 0.2) is 0 Å². The third-order valence-electron chi connectivity index (χ3n) is 4.32. The van der Waals surface area contributed by atoms with Crippen LogP contribution < -0.4 is 10.2 Å². The molecule has 1 amide bonds. The van der Waals surface area contributed by atoms with E-state index < -0.39 is 11.7 Å². The van der Waals surface area contributed by atoms with Gasteiger partial charge in [-0.15, -0.1) is 0 Å². The third-order valence-corrected chi connectivity index (χ3v) is 4.62. The maximum Gasteiger partial charge on any atom is 0.408 e. The van der Waals surface area contributed by atoms with Gasteiger partial charge in [-0.2, -0.15) is 0 Å². The van der Waals surface area contributed by atoms with Crippen molar-refractivity contribution >= 4 is 34.4 Å². The Labute approximate surface area is 164 Å². The summed E-state index contributed by atoms with van der Waals surface area (Å²) in [6.07, 6.45) is -0.450. The number of fused-ring (bicyclic) bond motifs is 1. The summed E-state index contributed by atoms with van der Waals surface area (Å²) >= 11 is 6.36. The molecule has 1 aromatic heterocycles. The lowest BCUT2D eigenvalue weighted by molar-refractivity contribution is 0.0508. The molecule has 0 saturated carbocycles. The molecule has 7 heteroatoms. The summed E-state index contributed by atoms with van der Waals surface area (Å²) in [4.78, 5) is 19.3. The number of benzene rings is 1. The van der Waals surface area contributed by atoms with Crippen molar-refractivity contribution in [2.24, 2.45) is 0 Å². The Hall–Kier alpha value is -2.05. The van der Waals surface area contributed by atoms with E-state index in [2.05, 4.69) is 10.2 Å². The van der Waals surface area contributed by atoms with Crippen LogP contribution in [0.1, 0.15) is 39.3 Å². The van der Waals surface area contributed by atoms with Crippen LogP contribution in [-0.4, -0.2) is 43.0 Å². The molecule has 1 aromatic carbocycles. The number of hydrogen-bond acceptors (Lipinski definition) is 5. The Balaban J connectivity index is 1.97. The number of nitrogens with one attached hydrogen (secondary N) is 1. The van der Waals surface area contributed by atoms with Crippen molar-refractivity contribution < 1.29 is 14.3 Å². The van der Waals surface area contributed by atoms with E-state index in [1.54, 1.807) is 0 Å². The van der Waals surface area contributed by atoms with E-state index in [1.165, 1.54) is 0 Å². The minimum atomic E-state index is -0.550. The lowest BCUT2D eigenvalue weighted by Crippen LogP contribution is -2.39. The van der Waals surface area contributed by atoms with Gasteiger partial charge in [0, 0.05) is 24.0 Å². The number of anilines is 1.